The van der Waals surface area contributed by atoms with Gasteiger partial charge in [0.15, 0.2) is 17.3 Å². The molecule has 1 amide bonds. The molecule has 1 aromatic rings. The van der Waals surface area contributed by atoms with Gasteiger partial charge in [-0.05, 0) is 42.9 Å². The first-order valence-electron chi connectivity index (χ1n) is 6.61. The summed E-state index contributed by atoms with van der Waals surface area (Å²) in [6, 6.07) is 3.45. The lowest BCUT2D eigenvalue weighted by atomic mass is 10.1. The van der Waals surface area contributed by atoms with Crippen molar-refractivity contribution in [1.29, 1.82) is 0 Å². The quantitative estimate of drug-likeness (QED) is 0.612. The summed E-state index contributed by atoms with van der Waals surface area (Å²) in [5.41, 5.74) is 0.679. The average Bonchev–Trinajstić information content (AvgIpc) is 2.79. The minimum atomic E-state index is -0.263. The van der Waals surface area contributed by atoms with Crippen LogP contribution in [0.15, 0.2) is 17.9 Å². The molecule has 0 spiro atoms. The summed E-state index contributed by atoms with van der Waals surface area (Å²) in [5.74, 6) is 1.38. The number of benzene rings is 1. The molecule has 1 aromatic carbocycles. The van der Waals surface area contributed by atoms with Crippen LogP contribution < -0.4 is 14.2 Å². The van der Waals surface area contributed by atoms with Gasteiger partial charge in [-0.25, -0.2) is 0 Å². The third kappa shape index (κ3) is 2.85. The van der Waals surface area contributed by atoms with E-state index in [1.54, 1.807) is 18.2 Å². The van der Waals surface area contributed by atoms with Gasteiger partial charge in [0.05, 0.1) is 21.3 Å². The van der Waals surface area contributed by atoms with Crippen LogP contribution in [0.3, 0.4) is 0 Å². The number of hydrogen-bond donors (Lipinski definition) is 0. The van der Waals surface area contributed by atoms with Gasteiger partial charge in [-0.3, -0.25) is 9.69 Å². The van der Waals surface area contributed by atoms with Crippen LogP contribution in [0.1, 0.15) is 12.5 Å². The molecule has 6 nitrogen and oxygen atoms in total. The van der Waals surface area contributed by atoms with Gasteiger partial charge >= 0.3 is 0 Å². The summed E-state index contributed by atoms with van der Waals surface area (Å²) < 4.78 is 21.2. The molecule has 0 aliphatic carbocycles. The molecule has 7 heteroatoms. The molecular weight excluding hydrogens is 306 g/mol. The lowest BCUT2D eigenvalue weighted by Crippen LogP contribution is -2.27. The van der Waals surface area contributed by atoms with Crippen LogP contribution in [0.5, 0.6) is 17.2 Å². The number of nitrogens with zero attached hydrogens (tertiary/aromatic N) is 1. The Hall–Kier alpha value is -2.28. The predicted molar refractivity (Wildman–Crippen MR) is 85.1 cm³/mol. The van der Waals surface area contributed by atoms with Crippen molar-refractivity contribution in [3.63, 3.8) is 0 Å². The minimum Gasteiger partial charge on any atom is -0.493 e. The maximum absolute atomic E-state index is 12.1. The number of amides is 1. The third-order valence-corrected chi connectivity index (χ3v) is 3.48. The first-order chi connectivity index (χ1) is 10.5. The topological polar surface area (TPSA) is 57.2 Å². The van der Waals surface area contributed by atoms with E-state index in [0.717, 1.165) is 0 Å². The van der Waals surface area contributed by atoms with Crippen LogP contribution in [0.4, 0.5) is 0 Å². The molecule has 0 N–H and O–H groups in total. The van der Waals surface area contributed by atoms with Gasteiger partial charge in [0, 0.05) is 6.54 Å². The summed E-state index contributed by atoms with van der Waals surface area (Å²) in [4.78, 5) is 13.5. The van der Waals surface area contributed by atoms with Crippen molar-refractivity contribution in [3.8, 4) is 17.2 Å². The Balaban J connectivity index is 2.44. The fourth-order valence-electron chi connectivity index (χ4n) is 2.11. The molecule has 22 heavy (non-hydrogen) atoms. The van der Waals surface area contributed by atoms with E-state index < -0.39 is 0 Å². The summed E-state index contributed by atoms with van der Waals surface area (Å²) in [7, 11) is 4.58. The summed E-state index contributed by atoms with van der Waals surface area (Å²) in [6.07, 6.45) is 1.59. The van der Waals surface area contributed by atoms with Gasteiger partial charge < -0.3 is 18.9 Å². The van der Waals surface area contributed by atoms with Crippen molar-refractivity contribution in [2.45, 2.75) is 6.92 Å². The zero-order chi connectivity index (χ0) is 16.3. The maximum Gasteiger partial charge on any atom is 0.297 e. The monoisotopic (exact) mass is 323 g/mol. The Kier molecular flexibility index (Phi) is 4.87. The van der Waals surface area contributed by atoms with Gasteiger partial charge in [-0.2, -0.15) is 0 Å². The fourth-order valence-corrected chi connectivity index (χ4v) is 2.41. The van der Waals surface area contributed by atoms with Gasteiger partial charge in [-0.15, -0.1) is 0 Å². The van der Waals surface area contributed by atoms with Gasteiger partial charge in [0.25, 0.3) is 11.1 Å². The van der Waals surface area contributed by atoms with Crippen molar-refractivity contribution < 1.29 is 23.7 Å². The van der Waals surface area contributed by atoms with E-state index >= 15 is 0 Å². The maximum atomic E-state index is 12.1. The van der Waals surface area contributed by atoms with E-state index in [-0.39, 0.29) is 16.8 Å². The van der Waals surface area contributed by atoms with Crippen LogP contribution in [0, 0.1) is 0 Å². The Bertz CT molecular complexity index is 616. The standard InChI is InChI=1S/C15H17NO5S/c1-5-16-14(17)12(21-15(16)22)8-9-6-10(18-2)13(20-4)11(7-9)19-3/h6-8H,5H2,1-4H3/b12-8+. The lowest BCUT2D eigenvalue weighted by Gasteiger charge is -2.12. The lowest BCUT2D eigenvalue weighted by molar-refractivity contribution is -0.122. The Labute approximate surface area is 134 Å². The molecule has 0 aromatic heterocycles. The van der Waals surface area contributed by atoms with Crippen LogP contribution >= 0.6 is 12.2 Å². The molecule has 0 saturated carbocycles. The third-order valence-electron chi connectivity index (χ3n) is 3.17. The van der Waals surface area contributed by atoms with E-state index in [1.807, 2.05) is 6.92 Å². The van der Waals surface area contributed by atoms with Crippen LogP contribution in [-0.2, 0) is 9.53 Å². The number of rotatable bonds is 5. The number of thiocarbonyl (C=S) groups is 1. The Morgan fingerprint density at radius 3 is 2.18 bits per heavy atom. The van der Waals surface area contributed by atoms with Crippen molar-refractivity contribution in [3.05, 3.63) is 23.5 Å². The van der Waals surface area contributed by atoms with E-state index in [2.05, 4.69) is 0 Å². The normalized spacial score (nSPS) is 16.0. The highest BCUT2D eigenvalue weighted by Gasteiger charge is 2.32. The molecule has 0 atom stereocenters. The number of carbonyl (C=O) groups excluding carboxylic acids is 1. The largest absolute Gasteiger partial charge is 0.493 e. The first-order valence-corrected chi connectivity index (χ1v) is 7.01. The molecule has 0 radical (unpaired) electrons. The molecule has 1 aliphatic rings. The molecule has 0 unspecified atom stereocenters. The van der Waals surface area contributed by atoms with Crippen LogP contribution in [0.25, 0.3) is 6.08 Å². The van der Waals surface area contributed by atoms with Crippen LogP contribution in [-0.4, -0.2) is 43.9 Å². The van der Waals surface area contributed by atoms with Gasteiger partial charge in [0.2, 0.25) is 5.75 Å². The van der Waals surface area contributed by atoms with Crippen molar-refractivity contribution >= 4 is 29.4 Å². The second-order valence-electron chi connectivity index (χ2n) is 4.38. The van der Waals surface area contributed by atoms with E-state index in [9.17, 15) is 4.79 Å². The summed E-state index contributed by atoms with van der Waals surface area (Å²) in [5, 5.41) is 0.159. The number of hydrogen-bond acceptors (Lipinski definition) is 6. The van der Waals surface area contributed by atoms with Crippen molar-refractivity contribution in [2.75, 3.05) is 27.9 Å². The smallest absolute Gasteiger partial charge is 0.297 e. The highest BCUT2D eigenvalue weighted by molar-refractivity contribution is 7.80. The number of carbonyl (C=O) groups is 1. The summed E-state index contributed by atoms with van der Waals surface area (Å²) >= 11 is 5.02. The van der Waals surface area contributed by atoms with Gasteiger partial charge in [0.1, 0.15) is 0 Å². The number of ether oxygens (including phenoxy) is 4. The highest BCUT2D eigenvalue weighted by Crippen LogP contribution is 2.39. The van der Waals surface area contributed by atoms with Gasteiger partial charge in [-0.1, -0.05) is 0 Å². The Morgan fingerprint density at radius 1 is 1.18 bits per heavy atom. The number of likely N-dealkylation sites (N-methyl/N-ethyl adjacent to an activating group) is 1. The second kappa shape index (κ2) is 6.65. The molecule has 118 valence electrons. The molecule has 1 heterocycles. The molecule has 1 saturated heterocycles. The molecule has 2 rings (SSSR count). The minimum absolute atomic E-state index is 0.159. The average molecular weight is 323 g/mol. The summed E-state index contributed by atoms with van der Waals surface area (Å²) in [6.45, 7) is 2.29. The SMILES string of the molecule is CCN1C(=O)/C(=C\c2cc(OC)c(OC)c(OC)c2)OC1=S. The zero-order valence-corrected chi connectivity index (χ0v) is 13.7. The predicted octanol–water partition coefficient (Wildman–Crippen LogP) is 2.22. The molecular formula is C15H17NO5S. The van der Waals surface area contributed by atoms with E-state index in [1.165, 1.54) is 26.2 Å². The molecule has 0 bridgehead atoms. The van der Waals surface area contributed by atoms with E-state index in [0.29, 0.717) is 29.4 Å². The van der Waals surface area contributed by atoms with E-state index in [4.69, 9.17) is 31.2 Å². The number of methoxy groups -OCH3 is 3. The highest BCUT2D eigenvalue weighted by atomic mass is 32.1. The van der Waals surface area contributed by atoms with Crippen molar-refractivity contribution in [1.82, 2.24) is 4.90 Å². The van der Waals surface area contributed by atoms with Crippen LogP contribution in [0.2, 0.25) is 0 Å². The molecule has 1 fully saturated rings. The van der Waals surface area contributed by atoms with Crippen molar-refractivity contribution in [2.24, 2.45) is 0 Å². The molecule has 1 aliphatic heterocycles. The second-order valence-corrected chi connectivity index (χ2v) is 4.73. The Morgan fingerprint density at radius 2 is 1.77 bits per heavy atom. The zero-order valence-electron chi connectivity index (χ0n) is 12.8. The fraction of sp³-hybridized carbons (Fsp3) is 0.333. The first kappa shape index (κ1) is 16.1.